The van der Waals surface area contributed by atoms with Gasteiger partial charge in [0.05, 0.1) is 19.8 Å². The minimum absolute atomic E-state index is 0. The first-order valence-electron chi connectivity index (χ1n) is 11.1. The summed E-state index contributed by atoms with van der Waals surface area (Å²) >= 11 is 0. The van der Waals surface area contributed by atoms with E-state index in [0.717, 1.165) is 77.7 Å². The molecule has 0 aliphatic carbocycles. The first-order valence-corrected chi connectivity index (χ1v) is 11.1. The molecule has 2 heterocycles. The molecular formula is C22H40IN5O2. The van der Waals surface area contributed by atoms with E-state index in [-0.39, 0.29) is 29.5 Å². The SMILES string of the molecule is CCNC(=NCC(CC(C)C)N1CCOCC1)NCCCCn1ccccc1=O.I. The van der Waals surface area contributed by atoms with Gasteiger partial charge < -0.3 is 19.9 Å². The van der Waals surface area contributed by atoms with Crippen LogP contribution in [0.4, 0.5) is 0 Å². The first-order chi connectivity index (χ1) is 14.1. The third kappa shape index (κ3) is 10.3. The van der Waals surface area contributed by atoms with Crippen LogP contribution in [0.15, 0.2) is 34.2 Å². The highest BCUT2D eigenvalue weighted by molar-refractivity contribution is 14.0. The number of aliphatic imine (C=N–C) groups is 1. The highest BCUT2D eigenvalue weighted by Crippen LogP contribution is 2.14. The van der Waals surface area contributed by atoms with Crippen LogP contribution in [0.2, 0.25) is 0 Å². The average Bonchev–Trinajstić information content (AvgIpc) is 2.72. The molecule has 172 valence electrons. The van der Waals surface area contributed by atoms with E-state index >= 15 is 0 Å². The maximum absolute atomic E-state index is 11.7. The average molecular weight is 533 g/mol. The molecule has 1 aliphatic rings. The smallest absolute Gasteiger partial charge is 0.250 e. The summed E-state index contributed by atoms with van der Waals surface area (Å²) < 4.78 is 7.27. The third-order valence-electron chi connectivity index (χ3n) is 5.13. The van der Waals surface area contributed by atoms with Crippen LogP contribution in [0.5, 0.6) is 0 Å². The van der Waals surface area contributed by atoms with E-state index in [2.05, 4.69) is 36.3 Å². The fourth-order valence-electron chi connectivity index (χ4n) is 3.62. The molecule has 1 aromatic heterocycles. The molecule has 0 saturated carbocycles. The van der Waals surface area contributed by atoms with Gasteiger partial charge in [-0.1, -0.05) is 19.9 Å². The Kier molecular flexibility index (Phi) is 14.0. The quantitative estimate of drug-likeness (QED) is 0.198. The number of ether oxygens (including phenoxy) is 1. The molecule has 1 saturated heterocycles. The Morgan fingerprint density at radius 3 is 2.63 bits per heavy atom. The molecule has 2 rings (SSSR count). The predicted molar refractivity (Wildman–Crippen MR) is 135 cm³/mol. The first kappa shape index (κ1) is 26.9. The van der Waals surface area contributed by atoms with Crippen molar-refractivity contribution in [3.8, 4) is 0 Å². The lowest BCUT2D eigenvalue weighted by Gasteiger charge is -2.34. The minimum atomic E-state index is 0. The number of aromatic nitrogens is 1. The molecule has 0 spiro atoms. The zero-order chi connectivity index (χ0) is 20.9. The molecule has 1 atom stereocenters. The minimum Gasteiger partial charge on any atom is -0.379 e. The van der Waals surface area contributed by atoms with E-state index in [9.17, 15) is 4.79 Å². The zero-order valence-corrected chi connectivity index (χ0v) is 21.1. The van der Waals surface area contributed by atoms with E-state index in [1.807, 2.05) is 12.3 Å². The van der Waals surface area contributed by atoms with Crippen LogP contribution in [-0.2, 0) is 11.3 Å². The largest absolute Gasteiger partial charge is 0.379 e. The van der Waals surface area contributed by atoms with Crippen molar-refractivity contribution in [1.82, 2.24) is 20.1 Å². The topological polar surface area (TPSA) is 70.9 Å². The molecule has 0 amide bonds. The Labute approximate surface area is 198 Å². The fourth-order valence-corrected chi connectivity index (χ4v) is 3.62. The van der Waals surface area contributed by atoms with Gasteiger partial charge in [0, 0.05) is 51.0 Å². The van der Waals surface area contributed by atoms with Crippen molar-refractivity contribution in [2.75, 3.05) is 45.9 Å². The maximum atomic E-state index is 11.7. The number of unbranched alkanes of at least 4 members (excludes halogenated alkanes) is 1. The molecule has 0 bridgehead atoms. The second kappa shape index (κ2) is 15.6. The molecule has 1 unspecified atom stereocenters. The van der Waals surface area contributed by atoms with E-state index in [4.69, 9.17) is 9.73 Å². The van der Waals surface area contributed by atoms with Gasteiger partial charge in [0.2, 0.25) is 5.56 Å². The second-order valence-corrected chi connectivity index (χ2v) is 8.02. The summed E-state index contributed by atoms with van der Waals surface area (Å²) in [4.78, 5) is 19.1. The van der Waals surface area contributed by atoms with Crippen molar-refractivity contribution in [1.29, 1.82) is 0 Å². The highest BCUT2D eigenvalue weighted by Gasteiger charge is 2.21. The van der Waals surface area contributed by atoms with Gasteiger partial charge in [-0.2, -0.15) is 0 Å². The van der Waals surface area contributed by atoms with Gasteiger partial charge in [-0.25, -0.2) is 0 Å². The Balaban J connectivity index is 0.00000450. The van der Waals surface area contributed by atoms with Crippen molar-refractivity contribution in [3.63, 3.8) is 0 Å². The number of hydrogen-bond donors (Lipinski definition) is 2. The molecule has 1 fully saturated rings. The van der Waals surface area contributed by atoms with E-state index in [1.165, 1.54) is 0 Å². The van der Waals surface area contributed by atoms with Gasteiger partial charge in [0.25, 0.3) is 0 Å². The Morgan fingerprint density at radius 2 is 1.97 bits per heavy atom. The van der Waals surface area contributed by atoms with Crippen LogP contribution < -0.4 is 16.2 Å². The van der Waals surface area contributed by atoms with Gasteiger partial charge >= 0.3 is 0 Å². The predicted octanol–water partition coefficient (Wildman–Crippen LogP) is 2.55. The van der Waals surface area contributed by atoms with Crippen LogP contribution in [0.3, 0.4) is 0 Å². The standard InChI is InChI=1S/C22H39N5O2.HI/c1-4-23-22(24-10-6-8-12-27-11-7-5-9-21(27)28)25-18-20(17-19(2)3)26-13-15-29-16-14-26;/h5,7,9,11,19-20H,4,6,8,10,12-18H2,1-3H3,(H2,23,24,25);1H. The number of rotatable bonds is 11. The molecule has 1 aromatic rings. The number of pyridine rings is 1. The van der Waals surface area contributed by atoms with Crippen molar-refractivity contribution in [2.24, 2.45) is 10.9 Å². The Hall–Kier alpha value is -1.13. The summed E-state index contributed by atoms with van der Waals surface area (Å²) in [6, 6.07) is 5.75. The third-order valence-corrected chi connectivity index (χ3v) is 5.13. The zero-order valence-electron chi connectivity index (χ0n) is 18.8. The monoisotopic (exact) mass is 533 g/mol. The summed E-state index contributed by atoms with van der Waals surface area (Å²) in [5.41, 5.74) is 0.0645. The fraction of sp³-hybridized carbons (Fsp3) is 0.727. The number of guanidine groups is 1. The summed E-state index contributed by atoms with van der Waals surface area (Å²) in [6.07, 6.45) is 4.95. The number of nitrogens with one attached hydrogen (secondary N) is 2. The molecule has 0 aromatic carbocycles. The molecule has 1 aliphatic heterocycles. The van der Waals surface area contributed by atoms with Crippen LogP contribution in [0, 0.1) is 5.92 Å². The van der Waals surface area contributed by atoms with Crippen LogP contribution >= 0.6 is 24.0 Å². The van der Waals surface area contributed by atoms with Crippen molar-refractivity contribution in [3.05, 3.63) is 34.7 Å². The van der Waals surface area contributed by atoms with E-state index < -0.39 is 0 Å². The molecule has 7 nitrogen and oxygen atoms in total. The highest BCUT2D eigenvalue weighted by atomic mass is 127. The summed E-state index contributed by atoms with van der Waals surface area (Å²) in [5.74, 6) is 1.53. The lowest BCUT2D eigenvalue weighted by Crippen LogP contribution is -2.46. The lowest BCUT2D eigenvalue weighted by atomic mass is 10.0. The van der Waals surface area contributed by atoms with Crippen molar-refractivity contribution < 1.29 is 4.74 Å². The van der Waals surface area contributed by atoms with Crippen LogP contribution in [-0.4, -0.2) is 67.4 Å². The lowest BCUT2D eigenvalue weighted by molar-refractivity contribution is 0.0143. The Morgan fingerprint density at radius 1 is 1.20 bits per heavy atom. The normalized spacial score (nSPS) is 16.2. The molecule has 0 radical (unpaired) electrons. The van der Waals surface area contributed by atoms with E-state index in [0.29, 0.717) is 12.0 Å². The number of hydrogen-bond acceptors (Lipinski definition) is 4. The van der Waals surface area contributed by atoms with Crippen molar-refractivity contribution in [2.45, 2.75) is 52.6 Å². The molecular weight excluding hydrogens is 493 g/mol. The summed E-state index contributed by atoms with van der Waals surface area (Å²) in [5, 5.41) is 6.79. The van der Waals surface area contributed by atoms with Crippen LogP contribution in [0.25, 0.3) is 0 Å². The number of nitrogens with zero attached hydrogens (tertiary/aromatic N) is 3. The van der Waals surface area contributed by atoms with Gasteiger partial charge in [0.15, 0.2) is 5.96 Å². The van der Waals surface area contributed by atoms with Gasteiger partial charge in [0.1, 0.15) is 0 Å². The maximum Gasteiger partial charge on any atom is 0.250 e. The molecule has 2 N–H and O–H groups in total. The van der Waals surface area contributed by atoms with Gasteiger partial charge in [-0.05, 0) is 38.2 Å². The van der Waals surface area contributed by atoms with Crippen LogP contribution in [0.1, 0.15) is 40.0 Å². The Bertz CT molecular complexity index is 659. The number of morpholine rings is 1. The van der Waals surface area contributed by atoms with Crippen molar-refractivity contribution >= 4 is 29.9 Å². The van der Waals surface area contributed by atoms with Gasteiger partial charge in [-0.15, -0.1) is 24.0 Å². The summed E-state index contributed by atoms with van der Waals surface area (Å²) in [6.45, 7) is 13.5. The molecule has 30 heavy (non-hydrogen) atoms. The second-order valence-electron chi connectivity index (χ2n) is 8.02. The molecule has 8 heteroatoms. The number of aryl methyl sites for hydroxylation is 1. The summed E-state index contributed by atoms with van der Waals surface area (Å²) in [7, 11) is 0. The van der Waals surface area contributed by atoms with Gasteiger partial charge in [-0.3, -0.25) is 14.7 Å². The van der Waals surface area contributed by atoms with E-state index in [1.54, 1.807) is 16.7 Å². The number of halogens is 1.